The quantitative estimate of drug-likeness (QED) is 0.282. The van der Waals surface area contributed by atoms with E-state index < -0.39 is 0 Å². The highest BCUT2D eigenvalue weighted by Crippen LogP contribution is 2.30. The van der Waals surface area contributed by atoms with Gasteiger partial charge in [0.15, 0.2) is 11.3 Å². The second-order valence-electron chi connectivity index (χ2n) is 8.88. The predicted octanol–water partition coefficient (Wildman–Crippen LogP) is 6.55. The molecule has 0 bridgehead atoms. The molecule has 7 rings (SSSR count). The average Bonchev–Trinajstić information content (AvgIpc) is 3.53. The number of benzene rings is 3. The molecule has 0 aliphatic heterocycles. The Balaban J connectivity index is 1.34. The Morgan fingerprint density at radius 2 is 1.08 bits per heavy atom. The second-order valence-corrected chi connectivity index (χ2v) is 8.88. The van der Waals surface area contributed by atoms with Crippen molar-refractivity contribution in [1.82, 2.24) is 29.1 Å². The number of para-hydroxylation sites is 1. The number of imidazole rings is 2. The highest BCUT2D eigenvalue weighted by molar-refractivity contribution is 5.81. The molecule has 4 heterocycles. The summed E-state index contributed by atoms with van der Waals surface area (Å²) in [6, 6.07) is 36.9. The van der Waals surface area contributed by atoms with E-state index in [1.54, 1.807) is 0 Å². The maximum Gasteiger partial charge on any atom is 0.164 e. The number of nitrogens with zero attached hydrogens (tertiary/aromatic N) is 6. The Hall–Kier alpha value is -5.10. The van der Waals surface area contributed by atoms with Gasteiger partial charge < -0.3 is 4.57 Å². The summed E-state index contributed by atoms with van der Waals surface area (Å²) in [6.45, 7) is 0.695. The molecule has 3 aromatic carbocycles. The van der Waals surface area contributed by atoms with Gasteiger partial charge in [0.1, 0.15) is 22.7 Å². The van der Waals surface area contributed by atoms with E-state index in [4.69, 9.17) is 9.97 Å². The lowest BCUT2D eigenvalue weighted by Crippen LogP contribution is -2.03. The first-order valence-corrected chi connectivity index (χ1v) is 12.2. The van der Waals surface area contributed by atoms with Gasteiger partial charge in [0.2, 0.25) is 0 Å². The summed E-state index contributed by atoms with van der Waals surface area (Å²) in [7, 11) is 0. The summed E-state index contributed by atoms with van der Waals surface area (Å²) in [4.78, 5) is 19.2. The van der Waals surface area contributed by atoms with Crippen molar-refractivity contribution in [2.24, 2.45) is 0 Å². The third-order valence-corrected chi connectivity index (χ3v) is 6.52. The highest BCUT2D eigenvalue weighted by Gasteiger charge is 2.17. The zero-order valence-corrected chi connectivity index (χ0v) is 19.9. The first-order valence-electron chi connectivity index (χ1n) is 12.2. The number of fused-ring (bicyclic) bond motifs is 2. The second kappa shape index (κ2) is 8.84. The summed E-state index contributed by atoms with van der Waals surface area (Å²) < 4.78 is 4.29. The van der Waals surface area contributed by atoms with Gasteiger partial charge in [-0.1, -0.05) is 72.8 Å². The van der Waals surface area contributed by atoms with Crippen molar-refractivity contribution in [3.8, 4) is 28.5 Å². The van der Waals surface area contributed by atoms with Gasteiger partial charge in [-0.05, 0) is 42.0 Å². The average molecular weight is 479 g/mol. The van der Waals surface area contributed by atoms with Gasteiger partial charge >= 0.3 is 0 Å². The highest BCUT2D eigenvalue weighted by atomic mass is 15.1. The molecular formula is C31H22N6. The van der Waals surface area contributed by atoms with Crippen LogP contribution in [0.25, 0.3) is 50.8 Å². The SMILES string of the molecule is c1ccc(Cn2c(-c3ccc(-c4nc5cccnc5n4-c4ccccc4)cc3)nc3cccnc32)cc1. The molecule has 0 aliphatic carbocycles. The van der Waals surface area contributed by atoms with Gasteiger partial charge in [-0.15, -0.1) is 0 Å². The number of aromatic nitrogens is 6. The lowest BCUT2D eigenvalue weighted by Gasteiger charge is -2.11. The molecule has 7 aromatic rings. The van der Waals surface area contributed by atoms with E-state index in [0.29, 0.717) is 6.54 Å². The van der Waals surface area contributed by atoms with Crippen LogP contribution in [0, 0.1) is 0 Å². The Morgan fingerprint density at radius 1 is 0.514 bits per heavy atom. The summed E-state index contributed by atoms with van der Waals surface area (Å²) in [5, 5.41) is 0. The van der Waals surface area contributed by atoms with Crippen LogP contribution in [0.2, 0.25) is 0 Å². The molecule has 0 amide bonds. The van der Waals surface area contributed by atoms with Gasteiger partial charge in [-0.2, -0.15) is 0 Å². The Labute approximate surface area is 213 Å². The monoisotopic (exact) mass is 478 g/mol. The molecule has 0 saturated heterocycles. The summed E-state index contributed by atoms with van der Waals surface area (Å²) in [5.74, 6) is 1.74. The van der Waals surface area contributed by atoms with E-state index in [0.717, 1.165) is 50.8 Å². The number of rotatable bonds is 5. The van der Waals surface area contributed by atoms with Crippen LogP contribution in [0.1, 0.15) is 5.56 Å². The third-order valence-electron chi connectivity index (χ3n) is 6.52. The molecular weight excluding hydrogens is 456 g/mol. The molecule has 0 fully saturated rings. The fraction of sp³-hybridized carbons (Fsp3) is 0.0323. The number of pyridine rings is 2. The fourth-order valence-electron chi connectivity index (χ4n) is 4.79. The van der Waals surface area contributed by atoms with E-state index >= 15 is 0 Å². The van der Waals surface area contributed by atoms with Crippen molar-refractivity contribution < 1.29 is 0 Å². The minimum atomic E-state index is 0.695. The van der Waals surface area contributed by atoms with Crippen LogP contribution in [0.4, 0.5) is 0 Å². The molecule has 6 heteroatoms. The maximum atomic E-state index is 4.95. The van der Waals surface area contributed by atoms with Gasteiger partial charge in [-0.3, -0.25) is 4.57 Å². The van der Waals surface area contributed by atoms with Crippen LogP contribution in [0.5, 0.6) is 0 Å². The Morgan fingerprint density at radius 3 is 1.78 bits per heavy atom. The lowest BCUT2D eigenvalue weighted by molar-refractivity contribution is 0.824. The summed E-state index contributed by atoms with van der Waals surface area (Å²) in [6.07, 6.45) is 3.63. The van der Waals surface area contributed by atoms with Crippen molar-refractivity contribution in [3.63, 3.8) is 0 Å². The Kier molecular flexibility index (Phi) is 5.07. The molecule has 0 saturated carbocycles. The first kappa shape index (κ1) is 21.2. The van der Waals surface area contributed by atoms with Crippen LogP contribution in [0.3, 0.4) is 0 Å². The molecule has 176 valence electrons. The maximum absolute atomic E-state index is 4.95. The molecule has 0 radical (unpaired) electrons. The first-order chi connectivity index (χ1) is 18.3. The minimum Gasteiger partial charge on any atom is -0.304 e. The van der Waals surface area contributed by atoms with Gasteiger partial charge in [0.05, 0.1) is 6.54 Å². The molecule has 0 spiro atoms. The van der Waals surface area contributed by atoms with Crippen LogP contribution >= 0.6 is 0 Å². The smallest absolute Gasteiger partial charge is 0.164 e. The van der Waals surface area contributed by atoms with Crippen molar-refractivity contribution in [2.45, 2.75) is 6.54 Å². The third kappa shape index (κ3) is 3.76. The number of hydrogen-bond acceptors (Lipinski definition) is 4. The van der Waals surface area contributed by atoms with Gasteiger partial charge in [0.25, 0.3) is 0 Å². The topological polar surface area (TPSA) is 61.4 Å². The van der Waals surface area contributed by atoms with Crippen molar-refractivity contribution in [2.75, 3.05) is 0 Å². The van der Waals surface area contributed by atoms with Gasteiger partial charge in [-0.25, -0.2) is 19.9 Å². The number of hydrogen-bond donors (Lipinski definition) is 0. The van der Waals surface area contributed by atoms with Crippen LogP contribution in [-0.2, 0) is 6.54 Å². The molecule has 4 aromatic heterocycles. The van der Waals surface area contributed by atoms with Crippen molar-refractivity contribution >= 4 is 22.3 Å². The van der Waals surface area contributed by atoms with E-state index in [1.165, 1.54) is 5.56 Å². The van der Waals surface area contributed by atoms with Crippen LogP contribution < -0.4 is 0 Å². The standard InChI is InChI=1S/C31H22N6/c1-3-9-22(10-4-1)21-36-28(34-26-13-7-19-32-30(26)36)23-15-17-24(18-16-23)29-35-27-14-8-20-33-31(27)37(29)25-11-5-2-6-12-25/h1-20H,21H2. The largest absolute Gasteiger partial charge is 0.304 e. The zero-order chi connectivity index (χ0) is 24.6. The van der Waals surface area contributed by atoms with Crippen molar-refractivity contribution in [1.29, 1.82) is 0 Å². The van der Waals surface area contributed by atoms with E-state index in [2.05, 4.69) is 79.8 Å². The molecule has 37 heavy (non-hydrogen) atoms. The minimum absolute atomic E-state index is 0.695. The predicted molar refractivity (Wildman–Crippen MR) is 146 cm³/mol. The molecule has 0 aliphatic rings. The lowest BCUT2D eigenvalue weighted by atomic mass is 10.1. The van der Waals surface area contributed by atoms with E-state index in [1.807, 2.05) is 60.9 Å². The molecule has 6 nitrogen and oxygen atoms in total. The van der Waals surface area contributed by atoms with E-state index in [9.17, 15) is 0 Å². The van der Waals surface area contributed by atoms with Crippen LogP contribution in [-0.4, -0.2) is 29.1 Å². The summed E-state index contributed by atoms with van der Waals surface area (Å²) in [5.41, 5.74) is 7.72. The zero-order valence-electron chi connectivity index (χ0n) is 19.9. The molecule has 0 unspecified atom stereocenters. The molecule has 0 atom stereocenters. The van der Waals surface area contributed by atoms with Crippen molar-refractivity contribution in [3.05, 3.63) is 127 Å². The Bertz CT molecular complexity index is 1830. The molecule has 0 N–H and O–H groups in total. The summed E-state index contributed by atoms with van der Waals surface area (Å²) >= 11 is 0. The van der Waals surface area contributed by atoms with E-state index in [-0.39, 0.29) is 0 Å². The van der Waals surface area contributed by atoms with Crippen LogP contribution in [0.15, 0.2) is 122 Å². The van der Waals surface area contributed by atoms with Gasteiger partial charge in [0, 0.05) is 29.2 Å². The fourth-order valence-corrected chi connectivity index (χ4v) is 4.79. The normalized spacial score (nSPS) is 11.4.